The molecule has 1 rings (SSSR count). The Kier molecular flexibility index (Phi) is 1.68. The van der Waals surface area contributed by atoms with Crippen molar-refractivity contribution in [2.45, 2.75) is 6.23 Å². The van der Waals surface area contributed by atoms with Crippen LogP contribution < -0.4 is 5.32 Å². The Morgan fingerprint density at radius 2 is 2.56 bits per heavy atom. The van der Waals surface area contributed by atoms with Crippen molar-refractivity contribution in [1.82, 2.24) is 10.2 Å². The van der Waals surface area contributed by atoms with Crippen molar-refractivity contribution in [3.8, 4) is 0 Å². The fourth-order valence-electron chi connectivity index (χ4n) is 0.775. The van der Waals surface area contributed by atoms with E-state index < -0.39 is 6.23 Å². The van der Waals surface area contributed by atoms with Crippen LogP contribution in [0.15, 0.2) is 0 Å². The van der Waals surface area contributed by atoms with Crippen LogP contribution in [0.3, 0.4) is 0 Å². The summed E-state index contributed by atoms with van der Waals surface area (Å²) in [5, 5.41) is 11.5. The molecular weight excluding hydrogens is 120 g/mol. The number of nitrogens with zero attached hydrogens (tertiary/aromatic N) is 1. The van der Waals surface area contributed by atoms with E-state index in [9.17, 15) is 4.79 Å². The molecule has 0 unspecified atom stereocenters. The normalized spacial score (nSPS) is 28.9. The molecule has 1 atom stereocenters. The SMILES string of the molecule is CN1CCN[C@@H](O)C1=O. The number of likely N-dealkylation sites (N-methyl/N-ethyl adjacent to an activating group) is 1. The molecule has 0 bridgehead atoms. The van der Waals surface area contributed by atoms with Gasteiger partial charge in [-0.2, -0.15) is 0 Å². The summed E-state index contributed by atoms with van der Waals surface area (Å²) < 4.78 is 0. The summed E-state index contributed by atoms with van der Waals surface area (Å²) in [6.07, 6.45) is -0.983. The summed E-state index contributed by atoms with van der Waals surface area (Å²) in [7, 11) is 1.67. The van der Waals surface area contributed by atoms with Crippen molar-refractivity contribution in [1.29, 1.82) is 0 Å². The van der Waals surface area contributed by atoms with Gasteiger partial charge in [0.25, 0.3) is 5.91 Å². The molecule has 0 aromatic rings. The summed E-state index contributed by atoms with van der Waals surface area (Å²) in [5.74, 6) is -0.249. The molecule has 0 aliphatic carbocycles. The van der Waals surface area contributed by atoms with Crippen molar-refractivity contribution in [3.63, 3.8) is 0 Å². The molecule has 1 aliphatic rings. The van der Waals surface area contributed by atoms with Crippen LogP contribution >= 0.6 is 0 Å². The topological polar surface area (TPSA) is 52.6 Å². The summed E-state index contributed by atoms with van der Waals surface area (Å²) in [5.41, 5.74) is 0. The lowest BCUT2D eigenvalue weighted by atomic mass is 10.3. The van der Waals surface area contributed by atoms with E-state index in [0.29, 0.717) is 13.1 Å². The largest absolute Gasteiger partial charge is 0.370 e. The van der Waals surface area contributed by atoms with E-state index in [1.807, 2.05) is 0 Å². The van der Waals surface area contributed by atoms with Crippen LogP contribution in [0.2, 0.25) is 0 Å². The average molecular weight is 130 g/mol. The lowest BCUT2D eigenvalue weighted by Gasteiger charge is -2.26. The molecule has 1 heterocycles. The van der Waals surface area contributed by atoms with Gasteiger partial charge in [0.15, 0.2) is 6.23 Å². The molecule has 9 heavy (non-hydrogen) atoms. The minimum atomic E-state index is -0.983. The maximum atomic E-state index is 10.7. The van der Waals surface area contributed by atoms with Gasteiger partial charge in [0.1, 0.15) is 0 Å². The van der Waals surface area contributed by atoms with E-state index in [4.69, 9.17) is 5.11 Å². The molecule has 1 aliphatic heterocycles. The third-order valence-electron chi connectivity index (χ3n) is 1.40. The molecule has 0 aromatic carbocycles. The molecule has 0 radical (unpaired) electrons. The summed E-state index contributed by atoms with van der Waals surface area (Å²) >= 11 is 0. The van der Waals surface area contributed by atoms with Gasteiger partial charge in [-0.3, -0.25) is 10.1 Å². The van der Waals surface area contributed by atoms with Crippen molar-refractivity contribution in [2.75, 3.05) is 20.1 Å². The van der Waals surface area contributed by atoms with Crippen molar-refractivity contribution in [2.24, 2.45) is 0 Å². The van der Waals surface area contributed by atoms with Crippen LogP contribution in [-0.4, -0.2) is 42.3 Å². The van der Waals surface area contributed by atoms with Crippen molar-refractivity contribution in [3.05, 3.63) is 0 Å². The standard InChI is InChI=1S/C5H10N2O2/c1-7-3-2-6-4(8)5(7)9/h4,6,8H,2-3H2,1H3/t4-/m0/s1. The van der Waals surface area contributed by atoms with Crippen molar-refractivity contribution >= 4 is 5.91 Å². The van der Waals surface area contributed by atoms with E-state index in [0.717, 1.165) is 0 Å². The molecule has 4 nitrogen and oxygen atoms in total. The first-order chi connectivity index (χ1) is 4.22. The molecule has 1 amide bonds. The Morgan fingerprint density at radius 3 is 3.00 bits per heavy atom. The van der Waals surface area contributed by atoms with Gasteiger partial charge in [-0.05, 0) is 0 Å². The number of nitrogens with one attached hydrogen (secondary N) is 1. The van der Waals surface area contributed by atoms with E-state index in [-0.39, 0.29) is 5.91 Å². The average Bonchev–Trinajstić information content (AvgIpc) is 1.83. The summed E-state index contributed by atoms with van der Waals surface area (Å²) in [6, 6.07) is 0. The molecule has 1 fully saturated rings. The predicted octanol–water partition coefficient (Wildman–Crippen LogP) is -1.63. The molecule has 52 valence electrons. The Balaban J connectivity index is 2.52. The number of carbonyl (C=O) groups is 1. The highest BCUT2D eigenvalue weighted by Gasteiger charge is 2.22. The second-order valence-corrected chi connectivity index (χ2v) is 2.12. The number of hydrogen-bond donors (Lipinski definition) is 2. The lowest BCUT2D eigenvalue weighted by molar-refractivity contribution is -0.143. The molecule has 1 saturated heterocycles. The Hall–Kier alpha value is -0.610. The van der Waals surface area contributed by atoms with E-state index in [1.165, 1.54) is 4.90 Å². The first kappa shape index (κ1) is 6.51. The zero-order valence-corrected chi connectivity index (χ0v) is 5.29. The van der Waals surface area contributed by atoms with Crippen LogP contribution in [0.4, 0.5) is 0 Å². The third kappa shape index (κ3) is 1.20. The Bertz CT molecular complexity index is 114. The molecular formula is C5H10N2O2. The number of rotatable bonds is 0. The molecule has 2 N–H and O–H groups in total. The quantitative estimate of drug-likeness (QED) is 0.414. The van der Waals surface area contributed by atoms with Crippen molar-refractivity contribution < 1.29 is 9.90 Å². The number of aliphatic hydroxyl groups excluding tert-OH is 1. The minimum absolute atomic E-state index is 0.249. The Morgan fingerprint density at radius 1 is 1.89 bits per heavy atom. The summed E-state index contributed by atoms with van der Waals surface area (Å²) in [4.78, 5) is 12.2. The van der Waals surface area contributed by atoms with Gasteiger partial charge in [0.05, 0.1) is 0 Å². The monoisotopic (exact) mass is 130 g/mol. The minimum Gasteiger partial charge on any atom is -0.370 e. The van der Waals surface area contributed by atoms with Gasteiger partial charge < -0.3 is 10.0 Å². The maximum absolute atomic E-state index is 10.7. The maximum Gasteiger partial charge on any atom is 0.266 e. The second-order valence-electron chi connectivity index (χ2n) is 2.12. The van der Waals surface area contributed by atoms with Crippen LogP contribution in [0.25, 0.3) is 0 Å². The van der Waals surface area contributed by atoms with Crippen LogP contribution in [0, 0.1) is 0 Å². The molecule has 4 heteroatoms. The number of aliphatic hydroxyl groups is 1. The van der Waals surface area contributed by atoms with Crippen LogP contribution in [0.1, 0.15) is 0 Å². The first-order valence-corrected chi connectivity index (χ1v) is 2.88. The highest BCUT2D eigenvalue weighted by Crippen LogP contribution is 1.93. The van der Waals surface area contributed by atoms with Crippen LogP contribution in [-0.2, 0) is 4.79 Å². The first-order valence-electron chi connectivity index (χ1n) is 2.88. The van der Waals surface area contributed by atoms with E-state index in [1.54, 1.807) is 7.05 Å². The lowest BCUT2D eigenvalue weighted by Crippen LogP contribution is -2.53. The number of hydrogen-bond acceptors (Lipinski definition) is 3. The zero-order chi connectivity index (χ0) is 6.85. The van der Waals surface area contributed by atoms with Gasteiger partial charge >= 0.3 is 0 Å². The van der Waals surface area contributed by atoms with Gasteiger partial charge in [0.2, 0.25) is 0 Å². The molecule has 0 aromatic heterocycles. The zero-order valence-electron chi connectivity index (χ0n) is 5.29. The van der Waals surface area contributed by atoms with Gasteiger partial charge in [-0.1, -0.05) is 0 Å². The number of carbonyl (C=O) groups excluding carboxylic acids is 1. The fraction of sp³-hybridized carbons (Fsp3) is 0.800. The number of amides is 1. The number of piperazine rings is 1. The van der Waals surface area contributed by atoms with Gasteiger partial charge in [-0.15, -0.1) is 0 Å². The van der Waals surface area contributed by atoms with Gasteiger partial charge in [0, 0.05) is 20.1 Å². The third-order valence-corrected chi connectivity index (χ3v) is 1.40. The van der Waals surface area contributed by atoms with E-state index in [2.05, 4.69) is 5.32 Å². The van der Waals surface area contributed by atoms with Crippen LogP contribution in [0.5, 0.6) is 0 Å². The predicted molar refractivity (Wildman–Crippen MR) is 31.6 cm³/mol. The van der Waals surface area contributed by atoms with E-state index >= 15 is 0 Å². The molecule has 0 spiro atoms. The summed E-state index contributed by atoms with van der Waals surface area (Å²) in [6.45, 7) is 1.35. The Labute approximate surface area is 53.5 Å². The highest BCUT2D eigenvalue weighted by molar-refractivity contribution is 5.80. The second kappa shape index (κ2) is 2.33. The smallest absolute Gasteiger partial charge is 0.266 e. The fourth-order valence-corrected chi connectivity index (χ4v) is 0.775. The molecule has 0 saturated carbocycles. The van der Waals surface area contributed by atoms with Gasteiger partial charge in [-0.25, -0.2) is 0 Å². The highest BCUT2D eigenvalue weighted by atomic mass is 16.3.